The highest BCUT2D eigenvalue weighted by Crippen LogP contribution is 2.42. The SMILES string of the molecule is OCC[NH2+]C[C@@H]1C[C@@H]2C=C[C@H]1C2. The maximum Gasteiger partial charge on any atom is 0.0990 e. The third-order valence-electron chi connectivity index (χ3n) is 3.22. The molecule has 0 heterocycles. The summed E-state index contributed by atoms with van der Waals surface area (Å²) in [6, 6.07) is 0. The first kappa shape index (κ1) is 8.27. The summed E-state index contributed by atoms with van der Waals surface area (Å²) in [5, 5.41) is 10.9. The smallest absolute Gasteiger partial charge is 0.0990 e. The first-order chi connectivity index (χ1) is 5.90. The van der Waals surface area contributed by atoms with Crippen LogP contribution in [0.1, 0.15) is 12.8 Å². The van der Waals surface area contributed by atoms with Crippen LogP contribution in [0.3, 0.4) is 0 Å². The Bertz CT molecular complexity index is 179. The first-order valence-electron chi connectivity index (χ1n) is 5.01. The molecule has 2 bridgehead atoms. The Kier molecular flexibility index (Phi) is 2.47. The van der Waals surface area contributed by atoms with E-state index in [2.05, 4.69) is 17.5 Å². The Morgan fingerprint density at radius 3 is 2.83 bits per heavy atom. The second kappa shape index (κ2) is 3.58. The fraction of sp³-hybridized carbons (Fsp3) is 0.800. The van der Waals surface area contributed by atoms with Gasteiger partial charge in [0.1, 0.15) is 0 Å². The molecule has 0 saturated heterocycles. The fourth-order valence-corrected chi connectivity index (χ4v) is 2.59. The third-order valence-corrected chi connectivity index (χ3v) is 3.22. The summed E-state index contributed by atoms with van der Waals surface area (Å²) in [6.07, 6.45) is 7.57. The van der Waals surface area contributed by atoms with Gasteiger partial charge in [-0.15, -0.1) is 0 Å². The minimum atomic E-state index is 0.316. The molecule has 0 aromatic rings. The van der Waals surface area contributed by atoms with E-state index in [1.807, 2.05) is 0 Å². The number of hydrogen-bond donors (Lipinski definition) is 2. The number of allylic oxidation sites excluding steroid dienone is 2. The molecule has 2 rings (SSSR count). The number of quaternary nitrogens is 1. The predicted octanol–water partition coefficient (Wildman–Crippen LogP) is -0.246. The van der Waals surface area contributed by atoms with Crippen molar-refractivity contribution in [2.45, 2.75) is 12.8 Å². The maximum absolute atomic E-state index is 8.63. The number of aliphatic hydroxyl groups excluding tert-OH is 1. The second-order valence-corrected chi connectivity index (χ2v) is 4.08. The van der Waals surface area contributed by atoms with E-state index >= 15 is 0 Å². The Morgan fingerprint density at radius 2 is 2.25 bits per heavy atom. The summed E-state index contributed by atoms with van der Waals surface area (Å²) in [4.78, 5) is 0. The van der Waals surface area contributed by atoms with Gasteiger partial charge in [0, 0.05) is 5.92 Å². The minimum Gasteiger partial charge on any atom is -0.391 e. The van der Waals surface area contributed by atoms with Crippen molar-refractivity contribution in [1.82, 2.24) is 0 Å². The fourth-order valence-electron chi connectivity index (χ4n) is 2.59. The van der Waals surface area contributed by atoms with E-state index in [1.54, 1.807) is 0 Å². The molecule has 0 spiro atoms. The van der Waals surface area contributed by atoms with Crippen LogP contribution in [0.5, 0.6) is 0 Å². The van der Waals surface area contributed by atoms with Crippen LogP contribution >= 0.6 is 0 Å². The Balaban J connectivity index is 1.73. The molecule has 3 N–H and O–H groups in total. The molecule has 68 valence electrons. The van der Waals surface area contributed by atoms with E-state index in [0.717, 1.165) is 24.3 Å². The van der Waals surface area contributed by atoms with Crippen molar-refractivity contribution in [2.75, 3.05) is 19.7 Å². The first-order valence-corrected chi connectivity index (χ1v) is 5.01. The zero-order valence-electron chi connectivity index (χ0n) is 7.45. The van der Waals surface area contributed by atoms with E-state index in [-0.39, 0.29) is 0 Å². The monoisotopic (exact) mass is 168 g/mol. The summed E-state index contributed by atoms with van der Waals surface area (Å²) in [6.45, 7) is 2.40. The molecule has 0 aromatic carbocycles. The van der Waals surface area contributed by atoms with E-state index in [1.165, 1.54) is 19.4 Å². The van der Waals surface area contributed by atoms with Gasteiger partial charge < -0.3 is 10.4 Å². The summed E-state index contributed by atoms with van der Waals surface area (Å²) in [5.41, 5.74) is 0. The van der Waals surface area contributed by atoms with E-state index < -0.39 is 0 Å². The highest BCUT2D eigenvalue weighted by Gasteiger charge is 2.36. The molecule has 2 nitrogen and oxygen atoms in total. The average Bonchev–Trinajstić information content (AvgIpc) is 2.65. The number of aliphatic hydroxyl groups is 1. The van der Waals surface area contributed by atoms with Crippen molar-refractivity contribution in [3.8, 4) is 0 Å². The van der Waals surface area contributed by atoms with Crippen LogP contribution in [-0.4, -0.2) is 24.8 Å². The minimum absolute atomic E-state index is 0.316. The zero-order valence-corrected chi connectivity index (χ0v) is 7.45. The van der Waals surface area contributed by atoms with Crippen molar-refractivity contribution in [3.63, 3.8) is 0 Å². The molecule has 0 unspecified atom stereocenters. The molecule has 12 heavy (non-hydrogen) atoms. The summed E-state index contributed by atoms with van der Waals surface area (Å²) < 4.78 is 0. The topological polar surface area (TPSA) is 36.8 Å². The summed E-state index contributed by atoms with van der Waals surface area (Å²) in [5.74, 6) is 2.65. The lowest BCUT2D eigenvalue weighted by Crippen LogP contribution is -2.86. The van der Waals surface area contributed by atoms with Crippen molar-refractivity contribution in [1.29, 1.82) is 0 Å². The van der Waals surface area contributed by atoms with Crippen LogP contribution in [0.4, 0.5) is 0 Å². The van der Waals surface area contributed by atoms with Crippen LogP contribution in [0, 0.1) is 17.8 Å². The molecule has 0 radical (unpaired) electrons. The standard InChI is InChI=1S/C10H17NO/c12-4-3-11-7-10-6-8-1-2-9(10)5-8/h1-2,8-12H,3-7H2/p+1/t8-,9+,10+/m1/s1. The largest absolute Gasteiger partial charge is 0.391 e. The van der Waals surface area contributed by atoms with Crippen molar-refractivity contribution in [3.05, 3.63) is 12.2 Å². The Morgan fingerprint density at radius 1 is 1.33 bits per heavy atom. The maximum atomic E-state index is 8.63. The van der Waals surface area contributed by atoms with Crippen LogP contribution in [0.15, 0.2) is 12.2 Å². The molecule has 2 heteroatoms. The number of rotatable bonds is 4. The molecule has 1 saturated carbocycles. The molecule has 1 fully saturated rings. The van der Waals surface area contributed by atoms with Crippen LogP contribution in [-0.2, 0) is 0 Å². The van der Waals surface area contributed by atoms with Crippen LogP contribution < -0.4 is 5.32 Å². The normalized spacial score (nSPS) is 37.9. The average molecular weight is 168 g/mol. The molecule has 0 amide bonds. The van der Waals surface area contributed by atoms with Crippen molar-refractivity contribution >= 4 is 0 Å². The quantitative estimate of drug-likeness (QED) is 0.441. The molecule has 0 aromatic heterocycles. The highest BCUT2D eigenvalue weighted by atomic mass is 16.3. The number of fused-ring (bicyclic) bond motifs is 2. The summed E-state index contributed by atoms with van der Waals surface area (Å²) >= 11 is 0. The molecular formula is C10H18NO+. The van der Waals surface area contributed by atoms with E-state index in [0.29, 0.717) is 6.61 Å². The van der Waals surface area contributed by atoms with Gasteiger partial charge in [-0.2, -0.15) is 0 Å². The lowest BCUT2D eigenvalue weighted by Gasteiger charge is -2.15. The van der Waals surface area contributed by atoms with Gasteiger partial charge in [-0.05, 0) is 24.7 Å². The Hall–Kier alpha value is -0.340. The molecule has 2 aliphatic rings. The Labute approximate surface area is 73.7 Å². The number of hydrogen-bond acceptors (Lipinski definition) is 1. The van der Waals surface area contributed by atoms with Gasteiger partial charge in [0.2, 0.25) is 0 Å². The molecule has 0 aliphatic heterocycles. The zero-order chi connectivity index (χ0) is 8.39. The van der Waals surface area contributed by atoms with Gasteiger partial charge in [0.25, 0.3) is 0 Å². The second-order valence-electron chi connectivity index (χ2n) is 4.08. The van der Waals surface area contributed by atoms with Crippen molar-refractivity contribution < 1.29 is 10.4 Å². The predicted molar refractivity (Wildman–Crippen MR) is 47.6 cm³/mol. The highest BCUT2D eigenvalue weighted by molar-refractivity contribution is 5.09. The van der Waals surface area contributed by atoms with E-state index in [4.69, 9.17) is 5.11 Å². The van der Waals surface area contributed by atoms with E-state index in [9.17, 15) is 0 Å². The molecule has 2 aliphatic carbocycles. The van der Waals surface area contributed by atoms with Gasteiger partial charge in [0.15, 0.2) is 0 Å². The van der Waals surface area contributed by atoms with Gasteiger partial charge in [-0.25, -0.2) is 0 Å². The van der Waals surface area contributed by atoms with Gasteiger partial charge in [0.05, 0.1) is 19.7 Å². The lowest BCUT2D eigenvalue weighted by atomic mass is 9.94. The lowest BCUT2D eigenvalue weighted by molar-refractivity contribution is -0.662. The van der Waals surface area contributed by atoms with Gasteiger partial charge >= 0.3 is 0 Å². The van der Waals surface area contributed by atoms with Gasteiger partial charge in [-0.1, -0.05) is 12.2 Å². The van der Waals surface area contributed by atoms with Crippen LogP contribution in [0.2, 0.25) is 0 Å². The van der Waals surface area contributed by atoms with Gasteiger partial charge in [-0.3, -0.25) is 0 Å². The third kappa shape index (κ3) is 1.54. The molecule has 3 atom stereocenters. The number of nitrogens with two attached hydrogens (primary N) is 1. The van der Waals surface area contributed by atoms with Crippen molar-refractivity contribution in [2.24, 2.45) is 17.8 Å². The summed E-state index contributed by atoms with van der Waals surface area (Å²) in [7, 11) is 0. The molecular weight excluding hydrogens is 150 g/mol. The van der Waals surface area contributed by atoms with Crippen LogP contribution in [0.25, 0.3) is 0 Å².